The first kappa shape index (κ1) is 19.8. The van der Waals surface area contributed by atoms with Crippen molar-refractivity contribution in [3.05, 3.63) is 24.7 Å². The Balaban J connectivity index is 3.37. The Labute approximate surface area is 118 Å². The minimum Gasteiger partial charge on any atom is -0.473 e. The zero-order chi connectivity index (χ0) is 16.2. The summed E-state index contributed by atoms with van der Waals surface area (Å²) in [4.78, 5) is 0. The van der Waals surface area contributed by atoms with Crippen molar-refractivity contribution in [1.82, 2.24) is 0 Å². The fourth-order valence-corrected chi connectivity index (χ4v) is 0.971. The van der Waals surface area contributed by atoms with E-state index in [9.17, 15) is 26.3 Å². The molecule has 0 saturated carbocycles. The molecular weight excluding hydrogens is 306 g/mol. The van der Waals surface area contributed by atoms with Gasteiger partial charge in [-0.05, 0) is 25.0 Å². The van der Waals surface area contributed by atoms with E-state index >= 15 is 0 Å². The van der Waals surface area contributed by atoms with Crippen molar-refractivity contribution in [2.45, 2.75) is 25.2 Å². The summed E-state index contributed by atoms with van der Waals surface area (Å²) in [5.41, 5.74) is 0. The summed E-state index contributed by atoms with van der Waals surface area (Å²) in [7, 11) is 0. The molecule has 9 heteroatoms. The van der Waals surface area contributed by atoms with Crippen LogP contribution in [0.15, 0.2) is 24.7 Å². The van der Waals surface area contributed by atoms with Crippen LogP contribution in [0, 0.1) is 0 Å². The Morgan fingerprint density at radius 1 is 0.667 bits per heavy atom. The average molecular weight is 322 g/mol. The minimum absolute atomic E-state index is 0.0889. The van der Waals surface area contributed by atoms with E-state index in [1.165, 1.54) is 24.7 Å². The van der Waals surface area contributed by atoms with Crippen LogP contribution < -0.4 is 0 Å². The lowest BCUT2D eigenvalue weighted by Crippen LogP contribution is -2.17. The van der Waals surface area contributed by atoms with Crippen LogP contribution in [-0.4, -0.2) is 38.8 Å². The standard InChI is InChI=1S/C12H16F6O3/c13-11(14,15)9-20-7-3-1-5-19-6-2-4-8-21-10-12(16,17)18/h1-2,5-6H,3-4,7-10H2. The van der Waals surface area contributed by atoms with E-state index < -0.39 is 25.6 Å². The number of alkyl halides is 6. The predicted octanol–water partition coefficient (Wildman–Crippen LogP) is 3.97. The summed E-state index contributed by atoms with van der Waals surface area (Å²) in [5, 5.41) is 0. The van der Waals surface area contributed by atoms with Crippen LogP contribution in [0.5, 0.6) is 0 Å². The van der Waals surface area contributed by atoms with Gasteiger partial charge in [0.2, 0.25) is 0 Å². The fourth-order valence-electron chi connectivity index (χ4n) is 0.971. The zero-order valence-electron chi connectivity index (χ0n) is 11.0. The van der Waals surface area contributed by atoms with E-state index in [-0.39, 0.29) is 26.1 Å². The van der Waals surface area contributed by atoms with Crippen LogP contribution in [0.25, 0.3) is 0 Å². The van der Waals surface area contributed by atoms with E-state index in [4.69, 9.17) is 4.74 Å². The van der Waals surface area contributed by atoms with E-state index in [1.807, 2.05) is 0 Å². The van der Waals surface area contributed by atoms with Gasteiger partial charge < -0.3 is 14.2 Å². The van der Waals surface area contributed by atoms with Gasteiger partial charge in [-0.25, -0.2) is 0 Å². The molecule has 0 unspecified atom stereocenters. The lowest BCUT2D eigenvalue weighted by molar-refractivity contribution is -0.174. The maximum atomic E-state index is 11.7. The molecule has 0 aromatic heterocycles. The van der Waals surface area contributed by atoms with E-state index in [0.717, 1.165) is 0 Å². The third-order valence-corrected chi connectivity index (χ3v) is 1.74. The van der Waals surface area contributed by atoms with E-state index in [0.29, 0.717) is 0 Å². The molecular formula is C12H16F6O3. The van der Waals surface area contributed by atoms with Crippen LogP contribution in [0.4, 0.5) is 26.3 Å². The first-order valence-electron chi connectivity index (χ1n) is 5.95. The summed E-state index contributed by atoms with van der Waals surface area (Å²) < 4.78 is 83.5. The van der Waals surface area contributed by atoms with Crippen molar-refractivity contribution in [3.63, 3.8) is 0 Å². The molecule has 21 heavy (non-hydrogen) atoms. The highest BCUT2D eigenvalue weighted by molar-refractivity contribution is 4.79. The van der Waals surface area contributed by atoms with Crippen molar-refractivity contribution < 1.29 is 40.6 Å². The fraction of sp³-hybridized carbons (Fsp3) is 0.667. The number of ether oxygens (including phenoxy) is 3. The molecule has 0 aromatic carbocycles. The molecule has 0 fully saturated rings. The third-order valence-electron chi connectivity index (χ3n) is 1.74. The van der Waals surface area contributed by atoms with Gasteiger partial charge in [-0.1, -0.05) is 0 Å². The molecule has 0 atom stereocenters. The van der Waals surface area contributed by atoms with Crippen molar-refractivity contribution in [3.8, 4) is 0 Å². The van der Waals surface area contributed by atoms with Gasteiger partial charge in [-0.15, -0.1) is 0 Å². The quantitative estimate of drug-likeness (QED) is 0.346. The van der Waals surface area contributed by atoms with Gasteiger partial charge in [-0.2, -0.15) is 26.3 Å². The largest absolute Gasteiger partial charge is 0.473 e. The SMILES string of the molecule is FC(F)(F)COCCC=COC=CCCOCC(F)(F)F. The van der Waals surface area contributed by atoms with Crippen LogP contribution in [0.2, 0.25) is 0 Å². The lowest BCUT2D eigenvalue weighted by atomic mass is 10.4. The number of halogens is 6. The van der Waals surface area contributed by atoms with Gasteiger partial charge in [0.15, 0.2) is 0 Å². The van der Waals surface area contributed by atoms with E-state index in [2.05, 4.69) is 9.47 Å². The normalized spacial score (nSPS) is 13.4. The molecule has 0 heterocycles. The Bertz CT molecular complexity index is 279. The molecule has 0 aliphatic rings. The molecule has 0 spiro atoms. The highest BCUT2D eigenvalue weighted by Gasteiger charge is 2.27. The molecule has 0 N–H and O–H groups in total. The van der Waals surface area contributed by atoms with Crippen molar-refractivity contribution in [2.75, 3.05) is 26.4 Å². The Kier molecular flexibility index (Phi) is 9.89. The Morgan fingerprint density at radius 2 is 1.05 bits per heavy atom. The van der Waals surface area contributed by atoms with Crippen molar-refractivity contribution >= 4 is 0 Å². The maximum absolute atomic E-state index is 11.7. The number of hydrogen-bond acceptors (Lipinski definition) is 3. The first-order valence-corrected chi connectivity index (χ1v) is 5.95. The summed E-state index contributed by atoms with van der Waals surface area (Å²) in [6, 6.07) is 0. The molecule has 0 aromatic rings. The average Bonchev–Trinajstić information content (AvgIpc) is 2.32. The summed E-state index contributed by atoms with van der Waals surface area (Å²) in [5.74, 6) is 0. The highest BCUT2D eigenvalue weighted by atomic mass is 19.4. The second kappa shape index (κ2) is 10.5. The molecule has 0 rings (SSSR count). The molecule has 3 nitrogen and oxygen atoms in total. The zero-order valence-corrected chi connectivity index (χ0v) is 11.0. The van der Waals surface area contributed by atoms with E-state index in [1.54, 1.807) is 0 Å². The molecule has 124 valence electrons. The second-order valence-electron chi connectivity index (χ2n) is 3.79. The molecule has 0 saturated heterocycles. The van der Waals surface area contributed by atoms with Crippen LogP contribution >= 0.6 is 0 Å². The topological polar surface area (TPSA) is 27.7 Å². The molecule has 0 bridgehead atoms. The predicted molar refractivity (Wildman–Crippen MR) is 62.3 cm³/mol. The van der Waals surface area contributed by atoms with Gasteiger partial charge >= 0.3 is 12.4 Å². The minimum atomic E-state index is -4.34. The molecule has 0 aliphatic carbocycles. The Hall–Kier alpha value is -1.22. The summed E-state index contributed by atoms with van der Waals surface area (Å²) in [6.45, 7) is -2.76. The molecule has 0 radical (unpaired) electrons. The number of hydrogen-bond donors (Lipinski definition) is 0. The van der Waals surface area contributed by atoms with Gasteiger partial charge in [0.05, 0.1) is 25.7 Å². The van der Waals surface area contributed by atoms with Gasteiger partial charge in [0.25, 0.3) is 0 Å². The smallest absolute Gasteiger partial charge is 0.411 e. The van der Waals surface area contributed by atoms with Gasteiger partial charge in [0, 0.05) is 0 Å². The maximum Gasteiger partial charge on any atom is 0.411 e. The van der Waals surface area contributed by atoms with Gasteiger partial charge in [-0.3, -0.25) is 0 Å². The van der Waals surface area contributed by atoms with Crippen LogP contribution in [-0.2, 0) is 14.2 Å². The lowest BCUT2D eigenvalue weighted by Gasteiger charge is -2.05. The third kappa shape index (κ3) is 18.8. The Morgan fingerprint density at radius 3 is 1.38 bits per heavy atom. The number of rotatable bonds is 10. The molecule has 0 amide bonds. The highest BCUT2D eigenvalue weighted by Crippen LogP contribution is 2.15. The van der Waals surface area contributed by atoms with Crippen LogP contribution in [0.3, 0.4) is 0 Å². The first-order chi connectivity index (χ1) is 9.71. The van der Waals surface area contributed by atoms with Crippen LogP contribution in [0.1, 0.15) is 12.8 Å². The summed E-state index contributed by atoms with van der Waals surface area (Å²) >= 11 is 0. The monoisotopic (exact) mass is 322 g/mol. The molecule has 0 aliphatic heterocycles. The van der Waals surface area contributed by atoms with Crippen molar-refractivity contribution in [2.24, 2.45) is 0 Å². The summed E-state index contributed by atoms with van der Waals surface area (Å²) in [6.07, 6.45) is -2.78. The van der Waals surface area contributed by atoms with Crippen molar-refractivity contribution in [1.29, 1.82) is 0 Å². The second-order valence-corrected chi connectivity index (χ2v) is 3.79. The van der Waals surface area contributed by atoms with Gasteiger partial charge in [0.1, 0.15) is 13.2 Å².